The van der Waals surface area contributed by atoms with Crippen molar-refractivity contribution in [3.63, 3.8) is 0 Å². The standard InChI is InChI=1S/C32H38ClN2O5S/c1-21-6-5-15-40-31(2,3)30(36)34-41(37,38)25-10-13-29-28(17-25)35(18-23-8-11-26(21)23)19-32(20-39-29)14-4-7-22-16-24(33)9-12-27(22)32/h5-6,9-10,12-13,16-17,23,26H,4,7-8,11,14-15,18-20H2,1-3H3,(H,34,36)/b6-5+/t23-,26+,32-/m0/s1. The van der Waals surface area contributed by atoms with E-state index >= 15 is 0 Å². The zero-order chi connectivity index (χ0) is 29.0. The summed E-state index contributed by atoms with van der Waals surface area (Å²) >= 11 is 6.39. The molecule has 1 amide bonds. The lowest BCUT2D eigenvalue weighted by molar-refractivity contribution is -0.139. The van der Waals surface area contributed by atoms with Gasteiger partial charge < -0.3 is 14.4 Å². The van der Waals surface area contributed by atoms with Crippen LogP contribution in [0.1, 0.15) is 57.6 Å². The number of fused-ring (bicyclic) bond motifs is 4. The van der Waals surface area contributed by atoms with E-state index < -0.39 is 21.5 Å². The fourth-order valence-corrected chi connectivity index (χ4v) is 8.23. The maximum atomic E-state index is 13.5. The first-order valence-electron chi connectivity index (χ1n) is 14.5. The van der Waals surface area contributed by atoms with E-state index in [0.717, 1.165) is 49.4 Å². The fourth-order valence-electron chi connectivity index (χ4n) is 6.91. The van der Waals surface area contributed by atoms with E-state index in [4.69, 9.17) is 21.1 Å². The highest BCUT2D eigenvalue weighted by Crippen LogP contribution is 2.48. The number of anilines is 1. The number of nitrogens with one attached hydrogen (secondary N) is 1. The van der Waals surface area contributed by atoms with Crippen molar-refractivity contribution in [2.24, 2.45) is 11.8 Å². The van der Waals surface area contributed by atoms with Crippen LogP contribution in [-0.2, 0) is 31.4 Å². The zero-order valence-electron chi connectivity index (χ0n) is 23.9. The number of halogens is 1. The summed E-state index contributed by atoms with van der Waals surface area (Å²) in [5.74, 6) is 2.12. The van der Waals surface area contributed by atoms with Crippen molar-refractivity contribution in [1.82, 2.24) is 4.72 Å². The highest BCUT2D eigenvalue weighted by molar-refractivity contribution is 7.90. The van der Waals surface area contributed by atoms with Crippen LogP contribution in [0.4, 0.5) is 5.69 Å². The van der Waals surface area contributed by atoms with Crippen LogP contribution in [0.2, 0.25) is 5.02 Å². The molecule has 41 heavy (non-hydrogen) atoms. The van der Waals surface area contributed by atoms with Crippen LogP contribution in [0.5, 0.6) is 5.75 Å². The molecule has 7 nitrogen and oxygen atoms in total. The lowest BCUT2D eigenvalue weighted by Crippen LogP contribution is -2.49. The molecule has 3 atom stereocenters. The molecule has 219 valence electrons. The molecule has 9 heteroatoms. The molecule has 2 aliphatic heterocycles. The Bertz CT molecular complexity index is 1490. The van der Waals surface area contributed by atoms with E-state index in [1.54, 1.807) is 26.0 Å². The summed E-state index contributed by atoms with van der Waals surface area (Å²) in [4.78, 5) is 15.4. The van der Waals surface area contributed by atoms with Gasteiger partial charge in [-0.3, -0.25) is 4.79 Å². The lowest BCUT2D eigenvalue weighted by Gasteiger charge is -2.45. The van der Waals surface area contributed by atoms with Crippen LogP contribution in [0.3, 0.4) is 0 Å². The minimum absolute atomic E-state index is 0.0284. The molecular weight excluding hydrogens is 560 g/mol. The van der Waals surface area contributed by atoms with Crippen molar-refractivity contribution >= 4 is 33.2 Å². The molecule has 0 saturated heterocycles. The van der Waals surface area contributed by atoms with Crippen molar-refractivity contribution in [3.8, 4) is 5.75 Å². The largest absolute Gasteiger partial charge is 0.490 e. The topological polar surface area (TPSA) is 84.9 Å². The monoisotopic (exact) mass is 597 g/mol. The number of hydrogen-bond acceptors (Lipinski definition) is 6. The predicted octanol–water partition coefficient (Wildman–Crippen LogP) is 5.60. The third-order valence-electron chi connectivity index (χ3n) is 9.47. The molecule has 0 aromatic heterocycles. The number of nitrogens with zero attached hydrogens (tertiary/aromatic N) is 1. The van der Waals surface area contributed by atoms with Crippen LogP contribution >= 0.6 is 11.6 Å². The molecule has 1 radical (unpaired) electrons. The number of aryl methyl sites for hydroxylation is 1. The second-order valence-corrected chi connectivity index (χ2v) is 14.7. The van der Waals surface area contributed by atoms with Crippen LogP contribution in [0, 0.1) is 17.8 Å². The Hall–Kier alpha value is -2.55. The Morgan fingerprint density at radius 2 is 1.95 bits per heavy atom. The number of hydrogen-bond donors (Lipinski definition) is 1. The van der Waals surface area contributed by atoms with Gasteiger partial charge in [0, 0.05) is 23.5 Å². The molecule has 2 bridgehead atoms. The summed E-state index contributed by atoms with van der Waals surface area (Å²) in [6.45, 7) is 7.54. The Kier molecular flexibility index (Phi) is 7.40. The van der Waals surface area contributed by atoms with Crippen molar-refractivity contribution in [2.45, 2.75) is 68.8 Å². The molecule has 2 heterocycles. The Morgan fingerprint density at radius 3 is 2.73 bits per heavy atom. The molecule has 2 aromatic rings. The van der Waals surface area contributed by atoms with Crippen LogP contribution in [-0.4, -0.2) is 46.2 Å². The molecule has 4 aliphatic rings. The van der Waals surface area contributed by atoms with Gasteiger partial charge in [0.05, 0.1) is 23.8 Å². The fraction of sp³-hybridized carbons (Fsp3) is 0.500. The molecule has 1 N–H and O–H groups in total. The molecule has 1 saturated carbocycles. The average Bonchev–Trinajstić information content (AvgIpc) is 3.05. The summed E-state index contributed by atoms with van der Waals surface area (Å²) in [5, 5.41) is 0.741. The molecule has 6 rings (SSSR count). The first-order valence-corrected chi connectivity index (χ1v) is 16.4. The summed E-state index contributed by atoms with van der Waals surface area (Å²) in [5.41, 5.74) is 1.71. The number of benzene rings is 2. The number of sulfonamides is 1. The zero-order valence-corrected chi connectivity index (χ0v) is 25.5. The maximum Gasteiger partial charge on any atom is 0.265 e. The molecule has 1 spiro atoms. The third-order valence-corrected chi connectivity index (χ3v) is 11.0. The second-order valence-electron chi connectivity index (χ2n) is 12.6. The smallest absolute Gasteiger partial charge is 0.265 e. The number of allylic oxidation sites excluding steroid dienone is 1. The molecule has 2 aliphatic carbocycles. The van der Waals surface area contributed by atoms with Gasteiger partial charge in [0.25, 0.3) is 15.9 Å². The van der Waals surface area contributed by atoms with Crippen LogP contribution in [0.25, 0.3) is 0 Å². The summed E-state index contributed by atoms with van der Waals surface area (Å²) in [7, 11) is -4.15. The highest BCUT2D eigenvalue weighted by atomic mass is 35.5. The SMILES string of the molecule is C[C]1/C=C/COC(C)(C)C(=O)NS(=O)(=O)c2ccc3c(c2)N(C[C@@H]2CC[C@H]12)C[C@@]1(CCCc2cc(Cl)ccc21)CO3. The van der Waals surface area contributed by atoms with E-state index in [2.05, 4.69) is 34.8 Å². The van der Waals surface area contributed by atoms with E-state index in [-0.39, 0.29) is 16.9 Å². The Morgan fingerprint density at radius 1 is 1.12 bits per heavy atom. The number of carbonyl (C=O) groups is 1. The van der Waals surface area contributed by atoms with E-state index in [1.807, 2.05) is 12.1 Å². The normalized spacial score (nSPS) is 30.1. The number of ether oxygens (including phenoxy) is 2. The number of rotatable bonds is 0. The average molecular weight is 598 g/mol. The van der Waals surface area contributed by atoms with Crippen molar-refractivity contribution < 1.29 is 22.7 Å². The maximum absolute atomic E-state index is 13.5. The second kappa shape index (κ2) is 10.6. The molecule has 0 unspecified atom stereocenters. The van der Waals surface area contributed by atoms with Crippen LogP contribution < -0.4 is 14.4 Å². The van der Waals surface area contributed by atoms with E-state index in [9.17, 15) is 13.2 Å². The van der Waals surface area contributed by atoms with Gasteiger partial charge in [0.2, 0.25) is 0 Å². The number of carbonyl (C=O) groups excluding carboxylic acids is 1. The first kappa shape index (κ1) is 28.6. The van der Waals surface area contributed by atoms with Crippen LogP contribution in [0.15, 0.2) is 53.4 Å². The van der Waals surface area contributed by atoms with E-state index in [1.165, 1.54) is 23.1 Å². The van der Waals surface area contributed by atoms with Gasteiger partial charge in [-0.2, -0.15) is 0 Å². The van der Waals surface area contributed by atoms with Gasteiger partial charge in [0.1, 0.15) is 11.4 Å². The lowest BCUT2D eigenvalue weighted by atomic mass is 9.66. The van der Waals surface area contributed by atoms with Gasteiger partial charge in [-0.15, -0.1) is 0 Å². The highest BCUT2D eigenvalue weighted by Gasteiger charge is 2.44. The van der Waals surface area contributed by atoms with Gasteiger partial charge >= 0.3 is 0 Å². The third kappa shape index (κ3) is 5.39. The first-order chi connectivity index (χ1) is 19.5. The summed E-state index contributed by atoms with van der Waals surface area (Å²) < 4.78 is 41.5. The van der Waals surface area contributed by atoms with Gasteiger partial charge in [-0.05, 0) is 105 Å². The number of amides is 1. The van der Waals surface area contributed by atoms with Gasteiger partial charge in [-0.25, -0.2) is 13.1 Å². The Balaban J connectivity index is 1.44. The molecule has 1 fully saturated rings. The van der Waals surface area contributed by atoms with Crippen molar-refractivity contribution in [1.29, 1.82) is 0 Å². The van der Waals surface area contributed by atoms with Gasteiger partial charge in [0.15, 0.2) is 0 Å². The summed E-state index contributed by atoms with van der Waals surface area (Å²) in [6, 6.07) is 11.1. The minimum atomic E-state index is -4.15. The van der Waals surface area contributed by atoms with Crippen molar-refractivity contribution in [3.05, 3.63) is 70.6 Å². The van der Waals surface area contributed by atoms with Crippen molar-refractivity contribution in [2.75, 3.05) is 31.2 Å². The minimum Gasteiger partial charge on any atom is -0.490 e. The van der Waals surface area contributed by atoms with E-state index in [0.29, 0.717) is 30.7 Å². The quantitative estimate of drug-likeness (QED) is 0.425. The predicted molar refractivity (Wildman–Crippen MR) is 160 cm³/mol. The molecular formula is C32H38ClN2O5S. The van der Waals surface area contributed by atoms with Gasteiger partial charge in [-0.1, -0.05) is 36.7 Å². The summed E-state index contributed by atoms with van der Waals surface area (Å²) in [6.07, 6.45) is 9.23. The Labute approximate surface area is 248 Å². The molecule has 2 aromatic carbocycles.